The van der Waals surface area contributed by atoms with E-state index < -0.39 is 17.8 Å². The highest BCUT2D eigenvalue weighted by Crippen LogP contribution is 2.35. The van der Waals surface area contributed by atoms with E-state index >= 15 is 0 Å². The molecule has 0 unspecified atom stereocenters. The summed E-state index contributed by atoms with van der Waals surface area (Å²) < 4.78 is 10.8. The van der Waals surface area contributed by atoms with E-state index in [9.17, 15) is 14.4 Å². The molecule has 25 heavy (non-hydrogen) atoms. The van der Waals surface area contributed by atoms with Crippen molar-refractivity contribution in [1.29, 1.82) is 0 Å². The van der Waals surface area contributed by atoms with Gasteiger partial charge in [-0.1, -0.05) is 15.9 Å². The van der Waals surface area contributed by atoms with Crippen molar-refractivity contribution in [2.24, 2.45) is 0 Å². The van der Waals surface area contributed by atoms with E-state index in [1.807, 2.05) is 0 Å². The van der Waals surface area contributed by atoms with Crippen LogP contribution in [0.15, 0.2) is 22.2 Å². The zero-order valence-electron chi connectivity index (χ0n) is 14.0. The summed E-state index contributed by atoms with van der Waals surface area (Å²) in [7, 11) is 4.42. The van der Waals surface area contributed by atoms with Gasteiger partial charge >= 0.3 is 5.97 Å². The van der Waals surface area contributed by atoms with Gasteiger partial charge < -0.3 is 9.47 Å². The fraction of sp³-hybridized carbons (Fsp3) is 0.250. The van der Waals surface area contributed by atoms with Crippen LogP contribution in [-0.2, 0) is 14.4 Å². The number of ether oxygens (including phenoxy) is 2. The molecule has 0 N–H and O–H groups in total. The van der Waals surface area contributed by atoms with Gasteiger partial charge in [-0.25, -0.2) is 0 Å². The Bertz CT molecular complexity index is 795. The molecule has 1 aromatic carbocycles. The second-order valence-corrected chi connectivity index (χ2v) is 6.41. The second-order valence-electron chi connectivity index (χ2n) is 5.19. The Morgan fingerprint density at radius 1 is 1.16 bits per heavy atom. The molecule has 9 heteroatoms. The fourth-order valence-electron chi connectivity index (χ4n) is 2.19. The van der Waals surface area contributed by atoms with E-state index in [-0.39, 0.29) is 22.2 Å². The summed E-state index contributed by atoms with van der Waals surface area (Å²) in [6.45, 7) is 1.27. The first-order valence-electron chi connectivity index (χ1n) is 7.05. The van der Waals surface area contributed by atoms with Crippen LogP contribution in [0.4, 0.5) is 0 Å². The molecule has 1 saturated heterocycles. The zero-order chi connectivity index (χ0) is 18.9. The maximum absolute atomic E-state index is 12.4. The number of esters is 1. The van der Waals surface area contributed by atoms with Gasteiger partial charge in [0.1, 0.15) is 5.57 Å². The first kappa shape index (κ1) is 19.1. The van der Waals surface area contributed by atoms with Crippen LogP contribution in [0, 0.1) is 0 Å². The smallest absolute Gasteiger partial charge is 0.308 e. The Labute approximate surface area is 158 Å². The van der Waals surface area contributed by atoms with E-state index in [4.69, 9.17) is 21.7 Å². The maximum Gasteiger partial charge on any atom is 0.308 e. The molecule has 0 aliphatic carbocycles. The van der Waals surface area contributed by atoms with E-state index in [0.29, 0.717) is 10.0 Å². The molecule has 0 aromatic heterocycles. The Hall–Kier alpha value is -2.26. The van der Waals surface area contributed by atoms with Crippen molar-refractivity contribution < 1.29 is 23.9 Å². The van der Waals surface area contributed by atoms with Gasteiger partial charge in [0, 0.05) is 25.5 Å². The van der Waals surface area contributed by atoms with Crippen LogP contribution < -0.4 is 9.47 Å². The minimum atomic E-state index is -0.497. The van der Waals surface area contributed by atoms with Crippen LogP contribution in [0.2, 0.25) is 0 Å². The molecule has 0 atom stereocenters. The van der Waals surface area contributed by atoms with Crippen LogP contribution in [0.5, 0.6) is 11.5 Å². The highest BCUT2D eigenvalue weighted by molar-refractivity contribution is 9.10. The number of nitrogens with zero attached hydrogens (tertiary/aromatic N) is 2. The summed E-state index contributed by atoms with van der Waals surface area (Å²) in [5.41, 5.74) is 0.473. The van der Waals surface area contributed by atoms with Crippen molar-refractivity contribution in [3.8, 4) is 11.5 Å². The van der Waals surface area contributed by atoms with Crippen LogP contribution in [-0.4, -0.2) is 53.9 Å². The number of hydrogen-bond donors (Lipinski definition) is 0. The number of rotatable bonds is 3. The average Bonchev–Trinajstić information content (AvgIpc) is 2.56. The van der Waals surface area contributed by atoms with Crippen LogP contribution in [0.3, 0.4) is 0 Å². The van der Waals surface area contributed by atoms with Crippen molar-refractivity contribution in [3.63, 3.8) is 0 Å². The quantitative estimate of drug-likeness (QED) is 0.242. The maximum atomic E-state index is 12.4. The van der Waals surface area contributed by atoms with Gasteiger partial charge in [-0.3, -0.25) is 24.2 Å². The minimum Gasteiger partial charge on any atom is -0.493 e. The van der Waals surface area contributed by atoms with Crippen molar-refractivity contribution in [2.45, 2.75) is 6.92 Å². The summed E-state index contributed by atoms with van der Waals surface area (Å²) in [5.74, 6) is -0.976. The molecule has 0 spiro atoms. The molecular formula is C16H15BrN2O5S. The third kappa shape index (κ3) is 3.72. The summed E-state index contributed by atoms with van der Waals surface area (Å²) >= 11 is 8.39. The van der Waals surface area contributed by atoms with E-state index in [0.717, 1.165) is 0 Å². The lowest BCUT2D eigenvalue weighted by Crippen LogP contribution is -2.52. The zero-order valence-corrected chi connectivity index (χ0v) is 16.4. The molecule has 2 rings (SSSR count). The number of thiocarbonyl (C=S) groups is 1. The lowest BCUT2D eigenvalue weighted by molar-refractivity contribution is -0.133. The summed E-state index contributed by atoms with van der Waals surface area (Å²) in [4.78, 5) is 38.4. The molecule has 0 bridgehead atoms. The Balaban J connectivity index is 2.53. The Morgan fingerprint density at radius 3 is 2.20 bits per heavy atom. The number of methoxy groups -OCH3 is 1. The first-order valence-corrected chi connectivity index (χ1v) is 8.25. The summed E-state index contributed by atoms with van der Waals surface area (Å²) in [6.07, 6.45) is 1.43. The van der Waals surface area contributed by atoms with Crippen molar-refractivity contribution in [1.82, 2.24) is 9.80 Å². The standard InChI is InChI=1S/C16H15BrN2O5S/c1-8(20)24-13-7-11(17)9(6-12(13)23-4)5-10-14(21)18(2)16(25)19(3)15(10)22/h5-7H,1-4H3. The Kier molecular flexibility index (Phi) is 5.58. The number of carbonyl (C=O) groups excluding carboxylic acids is 3. The number of hydrogen-bond acceptors (Lipinski definition) is 6. The lowest BCUT2D eigenvalue weighted by atomic mass is 10.1. The van der Waals surface area contributed by atoms with Gasteiger partial charge in [0.2, 0.25) is 0 Å². The molecule has 7 nitrogen and oxygen atoms in total. The third-order valence-electron chi connectivity index (χ3n) is 3.48. The van der Waals surface area contributed by atoms with Gasteiger partial charge in [0.25, 0.3) is 11.8 Å². The second kappa shape index (κ2) is 7.32. The van der Waals surface area contributed by atoms with E-state index in [1.165, 1.54) is 50.1 Å². The number of carbonyl (C=O) groups is 3. The van der Waals surface area contributed by atoms with Gasteiger partial charge in [0.05, 0.1) is 7.11 Å². The molecule has 1 aliphatic heterocycles. The molecule has 1 fully saturated rings. The molecule has 1 aliphatic rings. The molecule has 132 valence electrons. The largest absolute Gasteiger partial charge is 0.493 e. The molecule has 1 heterocycles. The highest BCUT2D eigenvalue weighted by Gasteiger charge is 2.35. The normalized spacial score (nSPS) is 14.8. The lowest BCUT2D eigenvalue weighted by Gasteiger charge is -2.31. The van der Waals surface area contributed by atoms with Crippen LogP contribution in [0.1, 0.15) is 12.5 Å². The topological polar surface area (TPSA) is 76.2 Å². The monoisotopic (exact) mass is 426 g/mol. The molecule has 1 aromatic rings. The van der Waals surface area contributed by atoms with Crippen molar-refractivity contribution in [3.05, 3.63) is 27.7 Å². The predicted molar refractivity (Wildman–Crippen MR) is 98.1 cm³/mol. The first-order chi connectivity index (χ1) is 11.7. The number of likely N-dealkylation sites (N-methyl/N-ethyl adjacent to an activating group) is 2. The molecule has 0 saturated carbocycles. The van der Waals surface area contributed by atoms with Crippen LogP contribution >= 0.6 is 28.1 Å². The minimum absolute atomic E-state index is 0.0402. The van der Waals surface area contributed by atoms with Crippen molar-refractivity contribution in [2.75, 3.05) is 21.2 Å². The Morgan fingerprint density at radius 2 is 1.72 bits per heavy atom. The summed E-state index contributed by atoms with van der Waals surface area (Å²) in [5, 5.41) is 0.133. The van der Waals surface area contributed by atoms with Crippen LogP contribution in [0.25, 0.3) is 6.08 Å². The highest BCUT2D eigenvalue weighted by atomic mass is 79.9. The molecular weight excluding hydrogens is 412 g/mol. The number of benzene rings is 1. The predicted octanol–water partition coefficient (Wildman–Crippen LogP) is 1.98. The third-order valence-corrected chi connectivity index (χ3v) is 4.71. The average molecular weight is 427 g/mol. The number of amides is 2. The SMILES string of the molecule is COc1cc(C=C2C(=O)N(C)C(=S)N(C)C2=O)c(Br)cc1OC(C)=O. The van der Waals surface area contributed by atoms with Gasteiger partial charge in [-0.2, -0.15) is 0 Å². The molecule has 2 amide bonds. The van der Waals surface area contributed by atoms with Gasteiger partial charge in [0.15, 0.2) is 16.6 Å². The van der Waals surface area contributed by atoms with E-state index in [2.05, 4.69) is 15.9 Å². The van der Waals surface area contributed by atoms with Gasteiger partial charge in [-0.15, -0.1) is 0 Å². The number of halogens is 1. The fourth-order valence-corrected chi connectivity index (χ4v) is 2.79. The van der Waals surface area contributed by atoms with Gasteiger partial charge in [-0.05, 0) is 36.0 Å². The molecule has 0 radical (unpaired) electrons. The summed E-state index contributed by atoms with van der Waals surface area (Å²) in [6, 6.07) is 3.09. The van der Waals surface area contributed by atoms with E-state index in [1.54, 1.807) is 6.07 Å². The van der Waals surface area contributed by atoms with Crippen molar-refractivity contribution >= 4 is 57.1 Å².